The van der Waals surface area contributed by atoms with Crippen molar-refractivity contribution in [1.29, 1.82) is 0 Å². The SMILES string of the molecule is COc1cccc2oc(-c3ccccc3)c(O)c(=O)c12.COc1cccc2oc(-c3ccccc3)c(O)c(=O)c12. The number of rotatable bonds is 4. The Morgan fingerprint density at radius 2 is 0.900 bits per heavy atom. The van der Waals surface area contributed by atoms with Crippen LogP contribution in [0.3, 0.4) is 0 Å². The summed E-state index contributed by atoms with van der Waals surface area (Å²) in [5.41, 5.74) is 1.06. The molecule has 0 saturated carbocycles. The number of hydrogen-bond donors (Lipinski definition) is 2. The molecular weight excluding hydrogens is 512 g/mol. The van der Waals surface area contributed by atoms with Crippen LogP contribution in [0.5, 0.6) is 23.0 Å². The quantitative estimate of drug-likeness (QED) is 0.268. The van der Waals surface area contributed by atoms with Crippen molar-refractivity contribution in [3.63, 3.8) is 0 Å². The van der Waals surface area contributed by atoms with Gasteiger partial charge in [0.2, 0.25) is 22.4 Å². The molecule has 0 fully saturated rings. The molecule has 0 aliphatic rings. The zero-order chi connectivity index (χ0) is 28.2. The fourth-order valence-corrected chi connectivity index (χ4v) is 4.31. The molecule has 40 heavy (non-hydrogen) atoms. The fraction of sp³-hybridized carbons (Fsp3) is 0.0625. The lowest BCUT2D eigenvalue weighted by atomic mass is 10.1. The lowest BCUT2D eigenvalue weighted by Gasteiger charge is -2.08. The van der Waals surface area contributed by atoms with E-state index in [9.17, 15) is 19.8 Å². The Morgan fingerprint density at radius 1 is 0.525 bits per heavy atom. The molecule has 0 bridgehead atoms. The van der Waals surface area contributed by atoms with Crippen molar-refractivity contribution in [2.45, 2.75) is 0 Å². The van der Waals surface area contributed by atoms with E-state index in [1.165, 1.54) is 14.2 Å². The van der Waals surface area contributed by atoms with Crippen molar-refractivity contribution in [1.82, 2.24) is 0 Å². The molecule has 0 spiro atoms. The molecule has 8 nitrogen and oxygen atoms in total. The van der Waals surface area contributed by atoms with Gasteiger partial charge in [0.15, 0.2) is 11.5 Å². The van der Waals surface area contributed by atoms with Gasteiger partial charge < -0.3 is 28.5 Å². The Kier molecular flexibility index (Phi) is 7.24. The third-order valence-corrected chi connectivity index (χ3v) is 6.23. The van der Waals surface area contributed by atoms with Crippen LogP contribution in [0.25, 0.3) is 44.6 Å². The summed E-state index contributed by atoms with van der Waals surface area (Å²) in [6.07, 6.45) is 0. The molecule has 8 heteroatoms. The molecule has 200 valence electrons. The summed E-state index contributed by atoms with van der Waals surface area (Å²) in [7, 11) is 2.94. The van der Waals surface area contributed by atoms with E-state index in [0.717, 1.165) is 0 Å². The zero-order valence-electron chi connectivity index (χ0n) is 21.6. The molecule has 0 aliphatic carbocycles. The summed E-state index contributed by atoms with van der Waals surface area (Å²) in [4.78, 5) is 24.6. The third-order valence-electron chi connectivity index (χ3n) is 6.23. The van der Waals surface area contributed by atoms with Crippen LogP contribution in [0.2, 0.25) is 0 Å². The van der Waals surface area contributed by atoms with E-state index < -0.39 is 22.4 Å². The molecule has 2 aromatic heterocycles. The molecule has 0 saturated heterocycles. The predicted molar refractivity (Wildman–Crippen MR) is 152 cm³/mol. The standard InChI is InChI=1S/2C16H12O4/c2*1-19-11-8-5-9-12-13(11)14(17)15(18)16(20-12)10-6-3-2-4-7-10/h2*2-9,18H,1H3. The van der Waals surface area contributed by atoms with Gasteiger partial charge >= 0.3 is 0 Å². The van der Waals surface area contributed by atoms with Gasteiger partial charge in [0.25, 0.3) is 0 Å². The normalized spacial score (nSPS) is 10.7. The molecule has 0 radical (unpaired) electrons. The fourth-order valence-electron chi connectivity index (χ4n) is 4.31. The van der Waals surface area contributed by atoms with Gasteiger partial charge in [0, 0.05) is 11.1 Å². The van der Waals surface area contributed by atoms with E-state index >= 15 is 0 Å². The first kappa shape index (κ1) is 26.1. The van der Waals surface area contributed by atoms with Gasteiger partial charge in [0.05, 0.1) is 14.2 Å². The topological polar surface area (TPSA) is 119 Å². The summed E-state index contributed by atoms with van der Waals surface area (Å²) in [5, 5.41) is 20.7. The van der Waals surface area contributed by atoms with Crippen LogP contribution in [0.1, 0.15) is 0 Å². The summed E-state index contributed by atoms with van der Waals surface area (Å²) in [5.74, 6) is 0.270. The van der Waals surface area contributed by atoms with Gasteiger partial charge in [-0.3, -0.25) is 9.59 Å². The smallest absolute Gasteiger partial charge is 0.238 e. The van der Waals surface area contributed by atoms with Crippen LogP contribution < -0.4 is 20.3 Å². The van der Waals surface area contributed by atoms with Crippen molar-refractivity contribution >= 4 is 21.9 Å². The third kappa shape index (κ3) is 4.74. The highest BCUT2D eigenvalue weighted by Crippen LogP contribution is 2.34. The van der Waals surface area contributed by atoms with Gasteiger partial charge in [0.1, 0.15) is 33.4 Å². The van der Waals surface area contributed by atoms with Crippen LogP contribution in [0.15, 0.2) is 115 Å². The molecule has 0 amide bonds. The molecular formula is C32H24O8. The zero-order valence-corrected chi connectivity index (χ0v) is 21.6. The van der Waals surface area contributed by atoms with E-state index in [-0.39, 0.29) is 22.3 Å². The van der Waals surface area contributed by atoms with Gasteiger partial charge in [-0.25, -0.2) is 0 Å². The summed E-state index contributed by atoms with van der Waals surface area (Å²) < 4.78 is 21.6. The number of hydrogen-bond acceptors (Lipinski definition) is 8. The number of methoxy groups -OCH3 is 2. The molecule has 0 aliphatic heterocycles. The second-order valence-corrected chi connectivity index (χ2v) is 8.62. The van der Waals surface area contributed by atoms with Crippen LogP contribution >= 0.6 is 0 Å². The molecule has 0 atom stereocenters. The van der Waals surface area contributed by atoms with Crippen LogP contribution in [-0.4, -0.2) is 24.4 Å². The van der Waals surface area contributed by atoms with E-state index in [1.807, 2.05) is 36.4 Å². The molecule has 6 rings (SSSR count). The minimum absolute atomic E-state index is 0.163. The van der Waals surface area contributed by atoms with Gasteiger partial charge in [-0.1, -0.05) is 72.8 Å². The van der Waals surface area contributed by atoms with Crippen molar-refractivity contribution in [3.05, 3.63) is 118 Å². The highest BCUT2D eigenvalue weighted by molar-refractivity contribution is 5.88. The Labute approximate surface area is 227 Å². The molecule has 2 N–H and O–H groups in total. The maximum absolute atomic E-state index is 12.3. The van der Waals surface area contributed by atoms with E-state index in [0.29, 0.717) is 33.8 Å². The predicted octanol–water partition coefficient (Wildman–Crippen LogP) is 6.35. The average molecular weight is 537 g/mol. The van der Waals surface area contributed by atoms with Crippen LogP contribution in [0.4, 0.5) is 0 Å². The maximum atomic E-state index is 12.3. The Hall–Kier alpha value is -5.50. The Balaban J connectivity index is 0.000000161. The number of ether oxygens (including phenoxy) is 2. The van der Waals surface area contributed by atoms with E-state index in [1.54, 1.807) is 60.7 Å². The summed E-state index contributed by atoms with van der Waals surface area (Å²) in [6.45, 7) is 0. The largest absolute Gasteiger partial charge is 0.502 e. The first-order chi connectivity index (χ1) is 19.4. The van der Waals surface area contributed by atoms with Crippen molar-refractivity contribution in [3.8, 4) is 45.6 Å². The number of fused-ring (bicyclic) bond motifs is 2. The second-order valence-electron chi connectivity index (χ2n) is 8.62. The van der Waals surface area contributed by atoms with Gasteiger partial charge in [-0.05, 0) is 24.3 Å². The first-order valence-electron chi connectivity index (χ1n) is 12.2. The lowest BCUT2D eigenvalue weighted by Crippen LogP contribution is -2.04. The first-order valence-corrected chi connectivity index (χ1v) is 12.2. The maximum Gasteiger partial charge on any atom is 0.238 e. The van der Waals surface area contributed by atoms with Gasteiger partial charge in [-0.15, -0.1) is 0 Å². The average Bonchev–Trinajstić information content (AvgIpc) is 3.01. The van der Waals surface area contributed by atoms with Crippen molar-refractivity contribution in [2.75, 3.05) is 14.2 Å². The van der Waals surface area contributed by atoms with E-state index in [4.69, 9.17) is 18.3 Å². The number of aromatic hydroxyl groups is 2. The van der Waals surface area contributed by atoms with Crippen molar-refractivity contribution in [2.24, 2.45) is 0 Å². The monoisotopic (exact) mass is 536 g/mol. The van der Waals surface area contributed by atoms with E-state index in [2.05, 4.69) is 0 Å². The summed E-state index contributed by atoms with van der Waals surface area (Å²) in [6, 6.07) is 28.1. The number of benzene rings is 4. The summed E-state index contributed by atoms with van der Waals surface area (Å²) >= 11 is 0. The molecule has 4 aromatic carbocycles. The molecule has 0 unspecified atom stereocenters. The van der Waals surface area contributed by atoms with Crippen LogP contribution in [-0.2, 0) is 0 Å². The highest BCUT2D eigenvalue weighted by Gasteiger charge is 2.19. The Morgan fingerprint density at radius 3 is 1.25 bits per heavy atom. The molecule has 2 heterocycles. The highest BCUT2D eigenvalue weighted by atomic mass is 16.5. The minimum Gasteiger partial charge on any atom is -0.502 e. The Bertz CT molecular complexity index is 1780. The second kappa shape index (κ2) is 11.1. The van der Waals surface area contributed by atoms with Crippen LogP contribution in [0, 0.1) is 0 Å². The van der Waals surface area contributed by atoms with Gasteiger partial charge in [-0.2, -0.15) is 0 Å². The van der Waals surface area contributed by atoms with Crippen molar-refractivity contribution < 1.29 is 28.5 Å². The lowest BCUT2D eigenvalue weighted by molar-refractivity contribution is 0.416. The molecule has 6 aromatic rings. The minimum atomic E-state index is -0.498.